The van der Waals surface area contributed by atoms with E-state index in [9.17, 15) is 24.0 Å². The van der Waals surface area contributed by atoms with Gasteiger partial charge >= 0.3 is 0 Å². The number of carbonyl (C=O) groups is 5. The molecule has 0 atom stereocenters. The van der Waals surface area contributed by atoms with Gasteiger partial charge in [0.25, 0.3) is 0 Å². The third-order valence-corrected chi connectivity index (χ3v) is 3.17. The fourth-order valence-electron chi connectivity index (χ4n) is 1.63. The Morgan fingerprint density at radius 2 is 1.35 bits per heavy atom. The van der Waals surface area contributed by atoms with Crippen LogP contribution in [0.2, 0.25) is 0 Å². The molecule has 0 saturated carbocycles. The molecule has 11 nitrogen and oxygen atoms in total. The molecule has 0 aromatic rings. The highest BCUT2D eigenvalue weighted by Gasteiger charge is 2.14. The lowest BCUT2D eigenvalue weighted by molar-refractivity contribution is -0.135. The van der Waals surface area contributed by atoms with E-state index in [0.717, 1.165) is 17.7 Å². The number of hydrogen-bond donors (Lipinski definition) is 5. The lowest BCUT2D eigenvalue weighted by Gasteiger charge is -2.17. The summed E-state index contributed by atoms with van der Waals surface area (Å²) < 4.78 is 0. The highest BCUT2D eigenvalue weighted by Crippen LogP contribution is 1.85. The van der Waals surface area contributed by atoms with Crippen LogP contribution in [0.4, 0.5) is 0 Å². The SMILES string of the molecule is CCCCNC(=O)CNC(=O)CN(C)C(=O)CNC(=O)CNC(=O)CN. The van der Waals surface area contributed by atoms with Crippen molar-refractivity contribution in [3.8, 4) is 0 Å². The predicted octanol–water partition coefficient (Wildman–Crippen LogP) is -3.33. The average molecular weight is 372 g/mol. The Morgan fingerprint density at radius 1 is 0.808 bits per heavy atom. The molecule has 0 aliphatic heterocycles. The van der Waals surface area contributed by atoms with Crippen LogP contribution in [-0.2, 0) is 24.0 Å². The first-order valence-corrected chi connectivity index (χ1v) is 8.31. The van der Waals surface area contributed by atoms with Crippen LogP contribution in [0.3, 0.4) is 0 Å². The summed E-state index contributed by atoms with van der Waals surface area (Å²) in [7, 11) is 1.39. The summed E-state index contributed by atoms with van der Waals surface area (Å²) in [6.07, 6.45) is 1.81. The van der Waals surface area contributed by atoms with E-state index in [1.54, 1.807) is 0 Å². The van der Waals surface area contributed by atoms with Gasteiger partial charge in [-0.3, -0.25) is 24.0 Å². The van der Waals surface area contributed by atoms with Crippen LogP contribution >= 0.6 is 0 Å². The molecule has 11 heteroatoms. The highest BCUT2D eigenvalue weighted by atomic mass is 16.2. The summed E-state index contributed by atoms with van der Waals surface area (Å²) in [5.74, 6) is -2.33. The molecule has 0 heterocycles. The van der Waals surface area contributed by atoms with Gasteiger partial charge in [0.2, 0.25) is 29.5 Å². The molecule has 0 rings (SSSR count). The van der Waals surface area contributed by atoms with Crippen LogP contribution in [0.1, 0.15) is 19.8 Å². The van der Waals surface area contributed by atoms with Gasteiger partial charge in [-0.05, 0) is 6.42 Å². The molecule has 0 saturated heterocycles. The van der Waals surface area contributed by atoms with E-state index < -0.39 is 23.6 Å². The zero-order valence-corrected chi connectivity index (χ0v) is 15.2. The molecule has 0 aliphatic carbocycles. The lowest BCUT2D eigenvalue weighted by atomic mass is 10.3. The van der Waals surface area contributed by atoms with Crippen molar-refractivity contribution in [1.82, 2.24) is 26.2 Å². The maximum Gasteiger partial charge on any atom is 0.242 e. The molecule has 5 amide bonds. The van der Waals surface area contributed by atoms with Gasteiger partial charge in [-0.25, -0.2) is 0 Å². The molecule has 0 radical (unpaired) electrons. The van der Waals surface area contributed by atoms with Gasteiger partial charge in [-0.2, -0.15) is 0 Å². The Kier molecular flexibility index (Phi) is 12.2. The van der Waals surface area contributed by atoms with E-state index in [2.05, 4.69) is 21.3 Å². The summed E-state index contributed by atoms with van der Waals surface area (Å²) >= 11 is 0. The number of nitrogens with zero attached hydrogens (tertiary/aromatic N) is 1. The molecule has 0 aromatic heterocycles. The quantitative estimate of drug-likeness (QED) is 0.225. The van der Waals surface area contributed by atoms with Crippen LogP contribution in [0.25, 0.3) is 0 Å². The van der Waals surface area contributed by atoms with Gasteiger partial charge in [-0.15, -0.1) is 0 Å². The highest BCUT2D eigenvalue weighted by molar-refractivity contribution is 5.91. The standard InChI is InChI=1S/C15H28N6O5/c1-3-4-5-17-12(23)7-19-14(25)10-21(2)15(26)9-20-13(24)8-18-11(22)6-16/h3-10,16H2,1-2H3,(H,17,23)(H,18,22)(H,19,25)(H,20,24). The van der Waals surface area contributed by atoms with Crippen LogP contribution in [0.5, 0.6) is 0 Å². The molecule has 6 N–H and O–H groups in total. The summed E-state index contributed by atoms with van der Waals surface area (Å²) in [5.41, 5.74) is 5.07. The molecule has 0 fully saturated rings. The van der Waals surface area contributed by atoms with E-state index in [1.807, 2.05) is 6.92 Å². The summed E-state index contributed by atoms with van der Waals surface area (Å²) in [6, 6.07) is 0. The second-order valence-electron chi connectivity index (χ2n) is 5.49. The van der Waals surface area contributed by atoms with Crippen molar-refractivity contribution >= 4 is 29.5 Å². The maximum atomic E-state index is 11.8. The van der Waals surface area contributed by atoms with E-state index in [4.69, 9.17) is 5.73 Å². The van der Waals surface area contributed by atoms with Gasteiger partial charge in [-0.1, -0.05) is 13.3 Å². The van der Waals surface area contributed by atoms with Crippen molar-refractivity contribution in [2.75, 3.05) is 46.3 Å². The fraction of sp³-hybridized carbons (Fsp3) is 0.667. The number of hydrogen-bond acceptors (Lipinski definition) is 6. The Balaban J connectivity index is 3.98. The van der Waals surface area contributed by atoms with Crippen molar-refractivity contribution in [2.24, 2.45) is 5.73 Å². The van der Waals surface area contributed by atoms with E-state index >= 15 is 0 Å². The minimum absolute atomic E-state index is 0.165. The molecule has 0 unspecified atom stereocenters. The van der Waals surface area contributed by atoms with Crippen LogP contribution in [-0.4, -0.2) is 80.8 Å². The number of amides is 5. The molecular weight excluding hydrogens is 344 g/mol. The number of rotatable bonds is 12. The molecule has 0 bridgehead atoms. The third kappa shape index (κ3) is 11.8. The minimum atomic E-state index is -0.554. The van der Waals surface area contributed by atoms with Crippen molar-refractivity contribution < 1.29 is 24.0 Å². The molecular formula is C15H28N6O5. The smallest absolute Gasteiger partial charge is 0.242 e. The number of carbonyl (C=O) groups excluding carboxylic acids is 5. The van der Waals surface area contributed by atoms with Gasteiger partial charge in [0, 0.05) is 13.6 Å². The Labute approximate surface area is 152 Å². The Morgan fingerprint density at radius 3 is 1.92 bits per heavy atom. The number of nitrogens with one attached hydrogen (secondary N) is 4. The van der Waals surface area contributed by atoms with Gasteiger partial charge < -0.3 is 31.9 Å². The second-order valence-corrected chi connectivity index (χ2v) is 5.49. The van der Waals surface area contributed by atoms with Gasteiger partial charge in [0.05, 0.1) is 32.7 Å². The first-order valence-electron chi connectivity index (χ1n) is 8.31. The van der Waals surface area contributed by atoms with Gasteiger partial charge in [0.15, 0.2) is 0 Å². The molecule has 26 heavy (non-hydrogen) atoms. The van der Waals surface area contributed by atoms with Crippen molar-refractivity contribution in [2.45, 2.75) is 19.8 Å². The van der Waals surface area contributed by atoms with Crippen LogP contribution in [0.15, 0.2) is 0 Å². The summed E-state index contributed by atoms with van der Waals surface area (Å²) in [5, 5.41) is 9.63. The van der Waals surface area contributed by atoms with E-state index in [1.165, 1.54) is 7.05 Å². The predicted molar refractivity (Wildman–Crippen MR) is 93.6 cm³/mol. The fourth-order valence-corrected chi connectivity index (χ4v) is 1.63. The topological polar surface area (TPSA) is 163 Å². The van der Waals surface area contributed by atoms with Crippen LogP contribution in [0, 0.1) is 0 Å². The second kappa shape index (κ2) is 13.6. The first-order chi connectivity index (χ1) is 12.3. The number of likely N-dealkylation sites (N-methyl/N-ethyl adjacent to an activating group) is 1. The van der Waals surface area contributed by atoms with Gasteiger partial charge in [0.1, 0.15) is 0 Å². The molecule has 0 aliphatic rings. The minimum Gasteiger partial charge on any atom is -0.355 e. The summed E-state index contributed by atoms with van der Waals surface area (Å²) in [4.78, 5) is 58.5. The number of nitrogens with two attached hydrogens (primary N) is 1. The first kappa shape index (κ1) is 23.3. The zero-order chi connectivity index (χ0) is 19.9. The molecule has 0 spiro atoms. The van der Waals surface area contributed by atoms with Crippen molar-refractivity contribution in [3.05, 3.63) is 0 Å². The largest absolute Gasteiger partial charge is 0.355 e. The van der Waals surface area contributed by atoms with Crippen molar-refractivity contribution in [3.63, 3.8) is 0 Å². The number of unbranched alkanes of at least 4 members (excludes halogenated alkanes) is 1. The summed E-state index contributed by atoms with van der Waals surface area (Å²) in [6.45, 7) is 1.29. The normalized spacial score (nSPS) is 9.81. The monoisotopic (exact) mass is 372 g/mol. The lowest BCUT2D eigenvalue weighted by Crippen LogP contribution is -2.46. The maximum absolute atomic E-state index is 11.8. The van der Waals surface area contributed by atoms with Crippen molar-refractivity contribution in [1.29, 1.82) is 0 Å². The average Bonchev–Trinajstić information content (AvgIpc) is 2.62. The van der Waals surface area contributed by atoms with E-state index in [-0.39, 0.29) is 38.6 Å². The molecule has 148 valence electrons. The van der Waals surface area contributed by atoms with E-state index in [0.29, 0.717) is 6.54 Å². The zero-order valence-electron chi connectivity index (χ0n) is 15.2. The molecule has 0 aromatic carbocycles. The Hall–Kier alpha value is -2.69. The Bertz CT molecular complexity index is 511. The van der Waals surface area contributed by atoms with Crippen LogP contribution < -0.4 is 27.0 Å². The third-order valence-electron chi connectivity index (χ3n) is 3.17.